The van der Waals surface area contributed by atoms with Crippen molar-refractivity contribution in [3.63, 3.8) is 0 Å². The maximum Gasteiger partial charge on any atom is 0.315 e. The lowest BCUT2D eigenvalue weighted by Gasteiger charge is -2.05. The molecule has 0 spiro atoms. The number of hydrogen-bond donors (Lipinski definition) is 2. The highest BCUT2D eigenvalue weighted by Gasteiger charge is 2.00. The molecule has 0 aromatic carbocycles. The van der Waals surface area contributed by atoms with Gasteiger partial charge in [0, 0.05) is 0 Å². The van der Waals surface area contributed by atoms with Crippen molar-refractivity contribution >= 4 is 5.97 Å². The molecule has 68 valence electrons. The molecule has 0 aliphatic carbocycles. The largest absolute Gasteiger partial charge is 0.481 e. The van der Waals surface area contributed by atoms with Crippen molar-refractivity contribution in [1.82, 2.24) is 0 Å². The molecular weight excluding hydrogens is 154 g/mol. The van der Waals surface area contributed by atoms with Gasteiger partial charge in [0.2, 0.25) is 0 Å². The molecule has 12 heavy (non-hydrogen) atoms. The van der Waals surface area contributed by atoms with Gasteiger partial charge in [-0.15, -0.1) is 0 Å². The van der Waals surface area contributed by atoms with Crippen molar-refractivity contribution in [2.75, 3.05) is 0 Å². The molecule has 0 aliphatic rings. The van der Waals surface area contributed by atoms with Crippen molar-refractivity contribution in [2.45, 2.75) is 32.7 Å². The number of nitrogens with two attached hydrogens (primary N) is 1. The minimum atomic E-state index is -0.903. The summed E-state index contributed by atoms with van der Waals surface area (Å²) in [6.45, 7) is 4.11. The third kappa shape index (κ3) is 7.10. The second-order valence-electron chi connectivity index (χ2n) is 3.13. The van der Waals surface area contributed by atoms with Crippen LogP contribution in [0.3, 0.4) is 0 Å². The van der Waals surface area contributed by atoms with E-state index in [1.807, 2.05) is 0 Å². The molecule has 3 heteroatoms. The van der Waals surface area contributed by atoms with Gasteiger partial charge < -0.3 is 10.8 Å². The average Bonchev–Trinajstić information content (AvgIpc) is 1.84. The molecule has 1 atom stereocenters. The van der Waals surface area contributed by atoms with E-state index < -0.39 is 5.97 Å². The van der Waals surface area contributed by atoms with Crippen LogP contribution in [0.5, 0.6) is 0 Å². The summed E-state index contributed by atoms with van der Waals surface area (Å²) in [5.41, 5.74) is 5.59. The van der Waals surface area contributed by atoms with Gasteiger partial charge in [-0.25, -0.2) is 0 Å². The molecule has 0 aliphatic heterocycles. The monoisotopic (exact) mass is 169 g/mol. The van der Waals surface area contributed by atoms with E-state index in [4.69, 9.17) is 10.8 Å². The minimum absolute atomic E-state index is 0.119. The van der Waals surface area contributed by atoms with Gasteiger partial charge >= 0.3 is 5.97 Å². The third-order valence-electron chi connectivity index (χ3n) is 1.25. The summed E-state index contributed by atoms with van der Waals surface area (Å²) in [7, 11) is 0. The highest BCUT2D eigenvalue weighted by atomic mass is 16.4. The molecule has 0 rings (SSSR count). The van der Waals surface area contributed by atoms with E-state index in [0.29, 0.717) is 5.92 Å². The summed E-state index contributed by atoms with van der Waals surface area (Å²) in [5, 5.41) is 8.26. The Balaban J connectivity index is 3.71. The van der Waals surface area contributed by atoms with Gasteiger partial charge in [0.15, 0.2) is 0 Å². The summed E-state index contributed by atoms with van der Waals surface area (Å²) in [4.78, 5) is 10.1. The van der Waals surface area contributed by atoms with Crippen LogP contribution >= 0.6 is 0 Å². The minimum Gasteiger partial charge on any atom is -0.481 e. The van der Waals surface area contributed by atoms with Crippen LogP contribution in [0.2, 0.25) is 0 Å². The van der Waals surface area contributed by atoms with Crippen LogP contribution < -0.4 is 5.73 Å². The molecular formula is C9H15NO2. The Bertz CT molecular complexity index is 200. The van der Waals surface area contributed by atoms with Gasteiger partial charge in [-0.05, 0) is 12.3 Å². The van der Waals surface area contributed by atoms with E-state index in [1.165, 1.54) is 0 Å². The van der Waals surface area contributed by atoms with Crippen molar-refractivity contribution in [3.05, 3.63) is 0 Å². The Morgan fingerprint density at radius 3 is 2.58 bits per heavy atom. The molecule has 0 amide bonds. The molecule has 0 fully saturated rings. The highest BCUT2D eigenvalue weighted by Crippen LogP contribution is 2.01. The normalized spacial score (nSPS) is 12.0. The molecule has 0 saturated carbocycles. The Labute approximate surface area is 73.0 Å². The molecule has 0 bridgehead atoms. The molecule has 3 N–H and O–H groups in total. The molecule has 1 unspecified atom stereocenters. The zero-order chi connectivity index (χ0) is 9.56. The lowest BCUT2D eigenvalue weighted by atomic mass is 10.1. The zero-order valence-corrected chi connectivity index (χ0v) is 7.50. The Hall–Kier alpha value is -1.01. The average molecular weight is 169 g/mol. The Morgan fingerprint density at radius 2 is 2.17 bits per heavy atom. The van der Waals surface area contributed by atoms with Crippen molar-refractivity contribution < 1.29 is 9.90 Å². The fraction of sp³-hybridized carbons (Fsp3) is 0.667. The van der Waals surface area contributed by atoms with Crippen LogP contribution in [-0.4, -0.2) is 17.1 Å². The molecule has 0 saturated heterocycles. The maximum atomic E-state index is 10.1. The first-order valence-corrected chi connectivity index (χ1v) is 3.98. The number of carboxylic acids is 1. The van der Waals surface area contributed by atoms with Gasteiger partial charge in [-0.2, -0.15) is 0 Å². The van der Waals surface area contributed by atoms with Gasteiger partial charge in [-0.3, -0.25) is 4.79 Å². The number of carbonyl (C=O) groups is 1. The fourth-order valence-corrected chi connectivity index (χ4v) is 0.825. The van der Waals surface area contributed by atoms with Gasteiger partial charge in [0.1, 0.15) is 6.42 Å². The van der Waals surface area contributed by atoms with Crippen LogP contribution in [0.4, 0.5) is 0 Å². The fourth-order valence-electron chi connectivity index (χ4n) is 0.825. The highest BCUT2D eigenvalue weighted by molar-refractivity contribution is 5.69. The first-order chi connectivity index (χ1) is 5.52. The van der Waals surface area contributed by atoms with E-state index in [-0.39, 0.29) is 12.5 Å². The van der Waals surface area contributed by atoms with Crippen LogP contribution in [0, 0.1) is 17.8 Å². The summed E-state index contributed by atoms with van der Waals surface area (Å²) in [6, 6.07) is -0.190. The zero-order valence-electron chi connectivity index (χ0n) is 7.50. The van der Waals surface area contributed by atoms with E-state index in [0.717, 1.165) is 6.42 Å². The maximum absolute atomic E-state index is 10.1. The number of aliphatic carboxylic acids is 1. The lowest BCUT2D eigenvalue weighted by Crippen LogP contribution is -2.19. The quantitative estimate of drug-likeness (QED) is 0.615. The van der Waals surface area contributed by atoms with Crippen molar-refractivity contribution in [3.8, 4) is 11.8 Å². The van der Waals surface area contributed by atoms with Crippen LogP contribution in [0.1, 0.15) is 26.7 Å². The molecule has 0 aromatic heterocycles. The lowest BCUT2D eigenvalue weighted by molar-refractivity contribution is -0.135. The number of carboxylic acid groups (broad SMARTS) is 1. The summed E-state index contributed by atoms with van der Waals surface area (Å²) in [5.74, 6) is 4.80. The molecule has 0 heterocycles. The number of hydrogen-bond acceptors (Lipinski definition) is 2. The topological polar surface area (TPSA) is 63.3 Å². The summed E-state index contributed by atoms with van der Waals surface area (Å²) in [6.07, 6.45) is 0.693. The van der Waals surface area contributed by atoms with E-state index in [2.05, 4.69) is 25.7 Å². The SMILES string of the molecule is CC(C)CC(N)C#CCC(=O)O. The van der Waals surface area contributed by atoms with Crippen molar-refractivity contribution in [1.29, 1.82) is 0 Å². The second kappa shape index (κ2) is 5.62. The Morgan fingerprint density at radius 1 is 1.58 bits per heavy atom. The second-order valence-corrected chi connectivity index (χ2v) is 3.13. The first-order valence-electron chi connectivity index (χ1n) is 3.98. The van der Waals surface area contributed by atoms with Gasteiger partial charge in [0.25, 0.3) is 0 Å². The van der Waals surface area contributed by atoms with E-state index in [9.17, 15) is 4.79 Å². The van der Waals surface area contributed by atoms with E-state index in [1.54, 1.807) is 0 Å². The predicted molar refractivity (Wildman–Crippen MR) is 47.5 cm³/mol. The summed E-state index contributed by atoms with van der Waals surface area (Å²) < 4.78 is 0. The van der Waals surface area contributed by atoms with Crippen LogP contribution in [-0.2, 0) is 4.79 Å². The smallest absolute Gasteiger partial charge is 0.315 e. The van der Waals surface area contributed by atoms with E-state index >= 15 is 0 Å². The molecule has 0 aromatic rings. The molecule has 0 radical (unpaired) electrons. The Kier molecular flexibility index (Phi) is 5.14. The first kappa shape index (κ1) is 11.0. The van der Waals surface area contributed by atoms with Gasteiger partial charge in [-0.1, -0.05) is 25.7 Å². The van der Waals surface area contributed by atoms with Crippen LogP contribution in [0.15, 0.2) is 0 Å². The summed E-state index contributed by atoms with van der Waals surface area (Å²) >= 11 is 0. The third-order valence-corrected chi connectivity index (χ3v) is 1.25. The van der Waals surface area contributed by atoms with Crippen molar-refractivity contribution in [2.24, 2.45) is 11.7 Å². The predicted octanol–water partition coefficient (Wildman–Crippen LogP) is 0.838. The standard InChI is InChI=1S/C9H15NO2/c1-7(2)6-8(10)4-3-5-9(11)12/h7-8H,5-6,10H2,1-2H3,(H,11,12). The van der Waals surface area contributed by atoms with Crippen LogP contribution in [0.25, 0.3) is 0 Å². The number of rotatable bonds is 3. The molecule has 3 nitrogen and oxygen atoms in total. The van der Waals surface area contributed by atoms with Gasteiger partial charge in [0.05, 0.1) is 6.04 Å².